The van der Waals surface area contributed by atoms with Crippen LogP contribution in [-0.4, -0.2) is 96.4 Å². The number of hydrogen-bond acceptors (Lipinski definition) is 13. The number of alkyl halides is 5. The van der Waals surface area contributed by atoms with Gasteiger partial charge in [-0.3, -0.25) is 43.4 Å². The van der Waals surface area contributed by atoms with Crippen LogP contribution < -0.4 is 113 Å². The first-order chi connectivity index (χ1) is 36.0. The minimum absolute atomic E-state index is 0. The van der Waals surface area contributed by atoms with Gasteiger partial charge in [0.05, 0.1) is 34.0 Å². The SMILES string of the molecule is C.CC(C)(C)OC(=O)C1CC(C(=O)Cc2ncc(Cl)cc2F)(N(Cc2ccc(C(F)F)cc2)C(=O)CCl)C1.CC(C)(C)OC(=O)C1CC2(C1)C(=O)N(c1ncc(Cl)cc1F)CC(=O)N2Cc1ccc(C(F)F)cc1.O=CO[O-].[H-].[K+].[K+]. The molecular formula is C53H58Cl3F6K2N5O11. The van der Waals surface area contributed by atoms with Crippen LogP contribution in [0.4, 0.5) is 32.2 Å². The molecule has 0 atom stereocenters. The number of benzene rings is 2. The van der Waals surface area contributed by atoms with E-state index in [9.17, 15) is 55.1 Å². The number of hydrogen-bond donors (Lipinski definition) is 0. The average molecular weight is 1240 g/mol. The Bertz CT molecular complexity index is 2830. The predicted octanol–water partition coefficient (Wildman–Crippen LogP) is 3.55. The van der Waals surface area contributed by atoms with E-state index in [4.69, 9.17) is 54.3 Å². The number of anilines is 1. The van der Waals surface area contributed by atoms with Gasteiger partial charge in [0.15, 0.2) is 17.4 Å². The monoisotopic (exact) mass is 1240 g/mol. The first-order valence-electron chi connectivity index (χ1n) is 23.5. The number of carbonyl (C=O) groups excluding carboxylic acids is 7. The van der Waals surface area contributed by atoms with Crippen molar-refractivity contribution >= 4 is 82.5 Å². The molecule has 80 heavy (non-hydrogen) atoms. The van der Waals surface area contributed by atoms with Crippen LogP contribution in [0.25, 0.3) is 0 Å². The number of rotatable bonds is 15. The summed E-state index contributed by atoms with van der Waals surface area (Å²) in [6, 6.07) is 12.8. The van der Waals surface area contributed by atoms with Crippen molar-refractivity contribution in [2.45, 2.75) is 129 Å². The summed E-state index contributed by atoms with van der Waals surface area (Å²) in [6.07, 6.45) is -3.55. The van der Waals surface area contributed by atoms with Crippen LogP contribution in [0.1, 0.15) is 117 Å². The van der Waals surface area contributed by atoms with Crippen molar-refractivity contribution in [3.8, 4) is 0 Å². The van der Waals surface area contributed by atoms with Crippen LogP contribution in [0.2, 0.25) is 10.0 Å². The van der Waals surface area contributed by atoms with Crippen molar-refractivity contribution in [3.63, 3.8) is 0 Å². The largest absolute Gasteiger partial charge is 1.00 e. The number of esters is 2. The predicted molar refractivity (Wildman–Crippen MR) is 272 cm³/mol. The third kappa shape index (κ3) is 18.7. The molecule has 16 nitrogen and oxygen atoms in total. The Morgan fingerprint density at radius 3 is 1.66 bits per heavy atom. The van der Waals surface area contributed by atoms with Crippen LogP contribution in [0.5, 0.6) is 0 Å². The Balaban J connectivity index is 0.000000726. The van der Waals surface area contributed by atoms with Gasteiger partial charge in [-0.1, -0.05) is 79.2 Å². The molecule has 2 saturated carbocycles. The van der Waals surface area contributed by atoms with Crippen LogP contribution >= 0.6 is 34.8 Å². The van der Waals surface area contributed by atoms with E-state index >= 15 is 0 Å². The molecule has 7 rings (SSSR count). The number of aromatic nitrogens is 2. The molecule has 0 radical (unpaired) electrons. The van der Waals surface area contributed by atoms with E-state index in [0.29, 0.717) is 11.1 Å². The van der Waals surface area contributed by atoms with E-state index in [2.05, 4.69) is 14.9 Å². The minimum Gasteiger partial charge on any atom is -1.00 e. The number of ether oxygens (including phenoxy) is 2. The third-order valence-corrected chi connectivity index (χ3v) is 13.1. The number of nitrogens with zero attached hydrogens (tertiary/aromatic N) is 5. The van der Waals surface area contributed by atoms with Crippen molar-refractivity contribution in [1.82, 2.24) is 19.8 Å². The molecule has 1 spiro atoms. The summed E-state index contributed by atoms with van der Waals surface area (Å²) in [5, 5.41) is 8.52. The zero-order valence-corrected chi connectivity index (χ0v) is 52.8. The summed E-state index contributed by atoms with van der Waals surface area (Å²) in [5.41, 5.74) is -3.93. The van der Waals surface area contributed by atoms with Crippen molar-refractivity contribution in [1.29, 1.82) is 0 Å². The Morgan fingerprint density at radius 2 is 1.24 bits per heavy atom. The number of carbonyl (C=O) groups is 7. The number of amides is 3. The molecule has 426 valence electrons. The van der Waals surface area contributed by atoms with Crippen molar-refractivity contribution in [2.24, 2.45) is 11.8 Å². The quantitative estimate of drug-likeness (QED) is 0.0318. The Morgan fingerprint density at radius 1 is 0.787 bits per heavy atom. The zero-order valence-electron chi connectivity index (χ0n) is 45.3. The topological polar surface area (TPSA) is 206 Å². The maximum atomic E-state index is 14.6. The molecule has 27 heteroatoms. The summed E-state index contributed by atoms with van der Waals surface area (Å²) < 4.78 is 91.9. The van der Waals surface area contributed by atoms with E-state index in [1.165, 1.54) is 70.7 Å². The van der Waals surface area contributed by atoms with Crippen molar-refractivity contribution in [2.75, 3.05) is 17.3 Å². The number of piperazine rings is 1. The van der Waals surface area contributed by atoms with Gasteiger partial charge in [0.2, 0.25) is 11.8 Å². The van der Waals surface area contributed by atoms with Crippen molar-refractivity contribution in [3.05, 3.63) is 123 Å². The van der Waals surface area contributed by atoms with Crippen LogP contribution in [-0.2, 0) is 67.4 Å². The van der Waals surface area contributed by atoms with Gasteiger partial charge in [-0.25, -0.2) is 31.3 Å². The van der Waals surface area contributed by atoms with E-state index in [1.807, 2.05) is 0 Å². The minimum atomic E-state index is -2.66. The molecule has 3 amide bonds. The average Bonchev–Trinajstić information content (AvgIpc) is 3.31. The van der Waals surface area contributed by atoms with Gasteiger partial charge in [-0.05, 0) is 90.5 Å². The molecule has 1 saturated heterocycles. The molecular weight excluding hydrogens is 1180 g/mol. The Hall–Kier alpha value is -3.09. The molecule has 0 bridgehead atoms. The van der Waals surface area contributed by atoms with Crippen LogP contribution in [0.15, 0.2) is 73.1 Å². The van der Waals surface area contributed by atoms with Crippen LogP contribution in [0, 0.1) is 23.5 Å². The molecule has 4 aromatic rings. The first kappa shape index (κ1) is 73.0. The smallest absolute Gasteiger partial charge is 1.00 e. The fourth-order valence-corrected chi connectivity index (χ4v) is 9.30. The molecule has 0 unspecified atom stereocenters. The summed E-state index contributed by atoms with van der Waals surface area (Å²) in [4.78, 5) is 102. The standard InChI is InChI=1S/C26H27Cl2F3N2O4.C25H25ClF3N3O4.CH2O3.CH4.2K.H/c1-25(2,3)37-24(36)17-10-26(11-17,21(34)9-20-19(29)8-18(28)13-32-20)33(22(35)12-27)14-15-4-6-16(7-5-15)23(30)31;1-24(2,3)36-22(34)16-9-25(10-16)23(35)31(21-18(27)8-17(26)11-30-21)13-19(33)32(25)12-14-4-6-15(7-5-14)20(28)29;2-1-4-3;;;;/h4-8,13,17,23H,9-12,14H2,1-3H3;4-8,11,16,20H,9-10,12-13H2,1-3H3;1,3H;1H4;;;/q;;;;2*+1;-1/p-1. The van der Waals surface area contributed by atoms with E-state index < -0.39 is 113 Å². The maximum Gasteiger partial charge on any atom is 1.00 e. The fraction of sp³-hybridized carbons (Fsp3) is 0.453. The number of pyridine rings is 2. The second-order valence-electron chi connectivity index (χ2n) is 20.2. The van der Waals surface area contributed by atoms with Gasteiger partial charge in [-0.2, -0.15) is 0 Å². The van der Waals surface area contributed by atoms with Crippen LogP contribution in [0.3, 0.4) is 0 Å². The van der Waals surface area contributed by atoms with Crippen molar-refractivity contribution < 1.29 is 184 Å². The second-order valence-corrected chi connectivity index (χ2v) is 21.4. The third-order valence-electron chi connectivity index (χ3n) is 12.5. The first-order valence-corrected chi connectivity index (χ1v) is 24.8. The molecule has 1 aliphatic heterocycles. The van der Waals surface area contributed by atoms with Gasteiger partial charge in [0, 0.05) is 36.6 Å². The van der Waals surface area contributed by atoms with Gasteiger partial charge < -0.3 is 30.8 Å². The summed E-state index contributed by atoms with van der Waals surface area (Å²) in [5.74, 6) is -7.00. The maximum absolute atomic E-state index is 14.6. The second kappa shape index (κ2) is 31.2. The number of halogens is 9. The summed E-state index contributed by atoms with van der Waals surface area (Å²) in [6.45, 7) is 9.48. The molecule has 2 aromatic heterocycles. The molecule has 2 aliphatic carbocycles. The number of Topliss-reactive ketones (excluding diaryl/α,β-unsaturated/α-hetero) is 1. The summed E-state index contributed by atoms with van der Waals surface area (Å²) >= 11 is 17.4. The van der Waals surface area contributed by atoms with Gasteiger partial charge in [-0.15, -0.1) is 11.6 Å². The fourth-order valence-electron chi connectivity index (χ4n) is 8.86. The molecule has 0 N–H and O–H groups in total. The molecule has 3 aliphatic rings. The molecule has 3 heterocycles. The molecule has 3 fully saturated rings. The number of ketones is 1. The van der Waals surface area contributed by atoms with E-state index in [0.717, 1.165) is 17.0 Å². The Kier molecular flexibility index (Phi) is 28.4. The van der Waals surface area contributed by atoms with E-state index in [1.54, 1.807) is 41.5 Å². The van der Waals surface area contributed by atoms with Gasteiger partial charge in [0.1, 0.15) is 40.5 Å². The normalized spacial score (nSPS) is 19.2. The zero-order chi connectivity index (χ0) is 57.4. The van der Waals surface area contributed by atoms with Gasteiger partial charge >= 0.3 is 115 Å². The summed E-state index contributed by atoms with van der Waals surface area (Å²) in [7, 11) is 0. The molecule has 2 aromatic carbocycles. The van der Waals surface area contributed by atoms with E-state index in [-0.39, 0.29) is 190 Å². The Labute approximate surface area is 560 Å². The van der Waals surface area contributed by atoms with Gasteiger partial charge in [0.25, 0.3) is 25.2 Å².